The Balaban J connectivity index is 1.62. The van der Waals surface area contributed by atoms with Crippen molar-refractivity contribution < 1.29 is 14.3 Å². The van der Waals surface area contributed by atoms with E-state index in [0.717, 1.165) is 33.7 Å². The molecule has 0 spiro atoms. The quantitative estimate of drug-likeness (QED) is 0.615. The van der Waals surface area contributed by atoms with Gasteiger partial charge in [-0.15, -0.1) is 0 Å². The number of benzene rings is 3. The molecule has 3 aromatic rings. The number of fused-ring (bicyclic) bond motifs is 1. The molecule has 1 N–H and O–H groups in total. The van der Waals surface area contributed by atoms with E-state index in [1.54, 1.807) is 12.0 Å². The number of nitrogens with one attached hydrogen (secondary N) is 1. The average molecular weight is 415 g/mol. The van der Waals surface area contributed by atoms with E-state index in [1.165, 1.54) is 0 Å². The molecule has 0 saturated carbocycles. The Labute approximate surface area is 182 Å². The van der Waals surface area contributed by atoms with Gasteiger partial charge in [0.15, 0.2) is 0 Å². The monoisotopic (exact) mass is 414 g/mol. The lowest BCUT2D eigenvalue weighted by atomic mass is 10.0. The smallest absolute Gasteiger partial charge is 0.255 e. The Morgan fingerprint density at radius 3 is 2.48 bits per heavy atom. The first-order valence-electron chi connectivity index (χ1n) is 10.4. The van der Waals surface area contributed by atoms with Gasteiger partial charge in [0, 0.05) is 17.8 Å². The fourth-order valence-electron chi connectivity index (χ4n) is 4.03. The molecule has 5 heteroatoms. The Hall–Kier alpha value is -3.60. The zero-order valence-corrected chi connectivity index (χ0v) is 18.0. The highest BCUT2D eigenvalue weighted by molar-refractivity contribution is 5.99. The maximum absolute atomic E-state index is 13.1. The number of hydrogen-bond donors (Lipinski definition) is 1. The van der Waals surface area contributed by atoms with Crippen molar-refractivity contribution in [1.82, 2.24) is 4.90 Å². The third kappa shape index (κ3) is 4.17. The van der Waals surface area contributed by atoms with Gasteiger partial charge in [0.05, 0.1) is 19.6 Å². The molecule has 1 atom stereocenters. The van der Waals surface area contributed by atoms with Gasteiger partial charge in [0.1, 0.15) is 5.75 Å². The summed E-state index contributed by atoms with van der Waals surface area (Å²) in [6.07, 6.45) is 0.166. The molecule has 0 fully saturated rings. The number of rotatable bonds is 6. The van der Waals surface area contributed by atoms with Crippen molar-refractivity contribution in [3.05, 3.63) is 94.5 Å². The number of nitrogens with zero attached hydrogens (tertiary/aromatic N) is 1. The van der Waals surface area contributed by atoms with Crippen LogP contribution in [-0.4, -0.2) is 23.8 Å². The van der Waals surface area contributed by atoms with Crippen molar-refractivity contribution in [1.29, 1.82) is 0 Å². The van der Waals surface area contributed by atoms with Crippen LogP contribution >= 0.6 is 0 Å². The standard InChI is InChI=1S/C26H26N2O3/c1-17-7-6-10-23(18(17)2)27-25(29)15-24(19-11-13-21(31-3)14-12-19)28-16-20-8-4-5-9-22(20)26(28)30/h4-14,24H,15-16H2,1-3H3,(H,27,29)/t24-/m0/s1. The van der Waals surface area contributed by atoms with E-state index in [9.17, 15) is 9.59 Å². The van der Waals surface area contributed by atoms with Gasteiger partial charge in [-0.2, -0.15) is 0 Å². The minimum atomic E-state index is -0.379. The van der Waals surface area contributed by atoms with Gasteiger partial charge in [-0.1, -0.05) is 42.5 Å². The maximum Gasteiger partial charge on any atom is 0.255 e. The third-order valence-corrected chi connectivity index (χ3v) is 5.98. The summed E-state index contributed by atoms with van der Waals surface area (Å²) in [5, 5.41) is 3.03. The molecule has 0 bridgehead atoms. The van der Waals surface area contributed by atoms with Crippen LogP contribution in [0.25, 0.3) is 0 Å². The molecule has 0 unspecified atom stereocenters. The van der Waals surface area contributed by atoms with Crippen LogP contribution in [0.3, 0.4) is 0 Å². The number of carbonyl (C=O) groups excluding carboxylic acids is 2. The van der Waals surface area contributed by atoms with Crippen molar-refractivity contribution in [2.24, 2.45) is 0 Å². The van der Waals surface area contributed by atoms with E-state index in [0.29, 0.717) is 12.1 Å². The van der Waals surface area contributed by atoms with Crippen molar-refractivity contribution in [3.8, 4) is 5.75 Å². The minimum Gasteiger partial charge on any atom is -0.497 e. The molecule has 0 aliphatic carbocycles. The van der Waals surface area contributed by atoms with E-state index >= 15 is 0 Å². The molecule has 31 heavy (non-hydrogen) atoms. The van der Waals surface area contributed by atoms with Gasteiger partial charge in [-0.05, 0) is 60.4 Å². The Morgan fingerprint density at radius 1 is 1.03 bits per heavy atom. The van der Waals surface area contributed by atoms with Gasteiger partial charge in [0.2, 0.25) is 5.91 Å². The van der Waals surface area contributed by atoms with E-state index in [1.807, 2.05) is 80.6 Å². The van der Waals surface area contributed by atoms with Gasteiger partial charge in [-0.3, -0.25) is 9.59 Å². The predicted octanol–water partition coefficient (Wildman–Crippen LogP) is 5.04. The highest BCUT2D eigenvalue weighted by atomic mass is 16.5. The molecular formula is C26H26N2O3. The van der Waals surface area contributed by atoms with Crippen molar-refractivity contribution in [2.75, 3.05) is 12.4 Å². The van der Waals surface area contributed by atoms with Crippen LogP contribution in [0.1, 0.15) is 45.1 Å². The first-order valence-corrected chi connectivity index (χ1v) is 10.4. The Morgan fingerprint density at radius 2 is 1.77 bits per heavy atom. The van der Waals surface area contributed by atoms with Crippen LogP contribution < -0.4 is 10.1 Å². The highest BCUT2D eigenvalue weighted by Crippen LogP contribution is 2.34. The van der Waals surface area contributed by atoms with Gasteiger partial charge < -0.3 is 15.0 Å². The molecule has 1 aliphatic heterocycles. The maximum atomic E-state index is 13.1. The molecule has 1 heterocycles. The number of carbonyl (C=O) groups is 2. The van der Waals surface area contributed by atoms with Crippen molar-refractivity contribution in [2.45, 2.75) is 32.9 Å². The van der Waals surface area contributed by atoms with Gasteiger partial charge in [0.25, 0.3) is 5.91 Å². The number of aryl methyl sites for hydroxylation is 1. The Kier molecular flexibility index (Phi) is 5.76. The van der Waals surface area contributed by atoms with E-state index < -0.39 is 0 Å². The third-order valence-electron chi connectivity index (χ3n) is 5.98. The topological polar surface area (TPSA) is 58.6 Å². The summed E-state index contributed by atoms with van der Waals surface area (Å²) in [6, 6.07) is 20.7. The summed E-state index contributed by atoms with van der Waals surface area (Å²) in [7, 11) is 1.62. The van der Waals surface area contributed by atoms with Crippen LogP contribution in [0.2, 0.25) is 0 Å². The fourth-order valence-corrected chi connectivity index (χ4v) is 4.03. The second-order valence-corrected chi connectivity index (χ2v) is 7.88. The number of hydrogen-bond acceptors (Lipinski definition) is 3. The SMILES string of the molecule is COc1ccc([C@H](CC(=O)Nc2cccc(C)c2C)N2Cc3ccccc3C2=O)cc1. The van der Waals surface area contributed by atoms with Crippen LogP contribution in [0.15, 0.2) is 66.7 Å². The van der Waals surface area contributed by atoms with Crippen LogP contribution in [-0.2, 0) is 11.3 Å². The normalized spacial score (nSPS) is 13.6. The molecule has 0 radical (unpaired) electrons. The fraction of sp³-hybridized carbons (Fsp3) is 0.231. The van der Waals surface area contributed by atoms with Crippen LogP contribution in [0.4, 0.5) is 5.69 Å². The summed E-state index contributed by atoms with van der Waals surface area (Å²) in [6.45, 7) is 4.50. The second-order valence-electron chi connectivity index (χ2n) is 7.88. The summed E-state index contributed by atoms with van der Waals surface area (Å²) < 4.78 is 5.27. The van der Waals surface area contributed by atoms with E-state index in [2.05, 4.69) is 5.32 Å². The van der Waals surface area contributed by atoms with E-state index in [4.69, 9.17) is 4.74 Å². The van der Waals surface area contributed by atoms with Crippen molar-refractivity contribution >= 4 is 17.5 Å². The summed E-state index contributed by atoms with van der Waals surface area (Å²) in [5.41, 5.74) is 5.56. The van der Waals surface area contributed by atoms with Crippen molar-refractivity contribution in [3.63, 3.8) is 0 Å². The largest absolute Gasteiger partial charge is 0.497 e. The molecule has 4 rings (SSSR count). The Bertz CT molecular complexity index is 1120. The zero-order chi connectivity index (χ0) is 22.0. The summed E-state index contributed by atoms with van der Waals surface area (Å²) in [4.78, 5) is 28.0. The van der Waals surface area contributed by atoms with Gasteiger partial charge >= 0.3 is 0 Å². The first-order chi connectivity index (χ1) is 15.0. The number of amides is 2. The lowest BCUT2D eigenvalue weighted by Gasteiger charge is -2.28. The molecule has 0 aromatic heterocycles. The number of ether oxygens (including phenoxy) is 1. The number of anilines is 1. The first kappa shape index (κ1) is 20.7. The van der Waals surface area contributed by atoms with E-state index in [-0.39, 0.29) is 24.3 Å². The molecule has 3 aromatic carbocycles. The lowest BCUT2D eigenvalue weighted by Crippen LogP contribution is -2.32. The summed E-state index contributed by atoms with van der Waals surface area (Å²) >= 11 is 0. The van der Waals surface area contributed by atoms with Crippen LogP contribution in [0, 0.1) is 13.8 Å². The lowest BCUT2D eigenvalue weighted by molar-refractivity contribution is -0.117. The average Bonchev–Trinajstić information content (AvgIpc) is 3.12. The predicted molar refractivity (Wildman–Crippen MR) is 121 cm³/mol. The van der Waals surface area contributed by atoms with Gasteiger partial charge in [-0.25, -0.2) is 0 Å². The molecule has 0 saturated heterocycles. The second kappa shape index (κ2) is 8.64. The molecular weight excluding hydrogens is 388 g/mol. The summed E-state index contributed by atoms with van der Waals surface area (Å²) in [5.74, 6) is 0.563. The highest BCUT2D eigenvalue weighted by Gasteiger charge is 2.34. The molecule has 158 valence electrons. The molecule has 5 nitrogen and oxygen atoms in total. The van der Waals surface area contributed by atoms with Crippen LogP contribution in [0.5, 0.6) is 5.75 Å². The molecule has 1 aliphatic rings. The number of methoxy groups -OCH3 is 1. The zero-order valence-electron chi connectivity index (χ0n) is 18.0. The minimum absolute atomic E-state index is 0.0454. The molecule has 2 amide bonds.